The number of hydrogen-bond acceptors (Lipinski definition) is 2. The summed E-state index contributed by atoms with van der Waals surface area (Å²) in [5, 5.41) is 7.06. The van der Waals surface area contributed by atoms with Crippen molar-refractivity contribution in [2.75, 3.05) is 0 Å². The van der Waals surface area contributed by atoms with Crippen LogP contribution in [-0.4, -0.2) is 15.8 Å². The van der Waals surface area contributed by atoms with E-state index in [1.54, 1.807) is 12.1 Å². The SMILES string of the molecule is CC(C)NCc1ccccc1-n1cc(C(F)(F)F)cn1. The molecule has 0 saturated carbocycles. The van der Waals surface area contributed by atoms with Crippen LogP contribution in [0.5, 0.6) is 0 Å². The third-order valence-corrected chi connectivity index (χ3v) is 2.85. The summed E-state index contributed by atoms with van der Waals surface area (Å²) >= 11 is 0. The highest BCUT2D eigenvalue weighted by Gasteiger charge is 2.32. The first-order valence-corrected chi connectivity index (χ1v) is 6.31. The molecule has 1 N–H and O–H groups in total. The molecule has 3 nitrogen and oxygen atoms in total. The molecule has 0 unspecified atom stereocenters. The van der Waals surface area contributed by atoms with E-state index in [-0.39, 0.29) is 0 Å². The molecule has 0 saturated heterocycles. The van der Waals surface area contributed by atoms with Gasteiger partial charge in [0.25, 0.3) is 0 Å². The van der Waals surface area contributed by atoms with E-state index in [4.69, 9.17) is 0 Å². The van der Waals surface area contributed by atoms with Gasteiger partial charge in [0.05, 0.1) is 17.4 Å². The first-order chi connectivity index (χ1) is 9.38. The minimum absolute atomic E-state index is 0.298. The van der Waals surface area contributed by atoms with E-state index in [0.29, 0.717) is 18.3 Å². The van der Waals surface area contributed by atoms with Gasteiger partial charge in [-0.15, -0.1) is 0 Å². The molecule has 20 heavy (non-hydrogen) atoms. The minimum atomic E-state index is -4.37. The molecular formula is C14H16F3N3. The van der Waals surface area contributed by atoms with Gasteiger partial charge in [-0.2, -0.15) is 18.3 Å². The van der Waals surface area contributed by atoms with Crippen molar-refractivity contribution in [1.82, 2.24) is 15.1 Å². The number of hydrogen-bond donors (Lipinski definition) is 1. The molecule has 0 radical (unpaired) electrons. The monoisotopic (exact) mass is 283 g/mol. The lowest BCUT2D eigenvalue weighted by atomic mass is 10.1. The van der Waals surface area contributed by atoms with Crippen LogP contribution in [0, 0.1) is 0 Å². The Morgan fingerprint density at radius 3 is 2.55 bits per heavy atom. The van der Waals surface area contributed by atoms with Crippen molar-refractivity contribution < 1.29 is 13.2 Å². The predicted molar refractivity (Wildman–Crippen MR) is 70.5 cm³/mol. The van der Waals surface area contributed by atoms with Gasteiger partial charge in [-0.3, -0.25) is 0 Å². The van der Waals surface area contributed by atoms with Crippen molar-refractivity contribution in [3.63, 3.8) is 0 Å². The fraction of sp³-hybridized carbons (Fsp3) is 0.357. The topological polar surface area (TPSA) is 29.9 Å². The van der Waals surface area contributed by atoms with Gasteiger partial charge in [0.15, 0.2) is 0 Å². The molecule has 0 aliphatic heterocycles. The molecule has 6 heteroatoms. The molecule has 1 aromatic heterocycles. The summed E-state index contributed by atoms with van der Waals surface area (Å²) in [5.74, 6) is 0. The van der Waals surface area contributed by atoms with Crippen LogP contribution in [0.1, 0.15) is 25.0 Å². The predicted octanol–water partition coefficient (Wildman–Crippen LogP) is 3.39. The van der Waals surface area contributed by atoms with Crippen LogP contribution in [0.2, 0.25) is 0 Å². The van der Waals surface area contributed by atoms with Crippen molar-refractivity contribution in [3.05, 3.63) is 47.8 Å². The highest BCUT2D eigenvalue weighted by atomic mass is 19.4. The second kappa shape index (κ2) is 5.66. The number of alkyl halides is 3. The van der Waals surface area contributed by atoms with Crippen molar-refractivity contribution in [3.8, 4) is 5.69 Å². The summed E-state index contributed by atoms with van der Waals surface area (Å²) in [7, 11) is 0. The van der Waals surface area contributed by atoms with E-state index in [1.807, 2.05) is 26.0 Å². The first-order valence-electron chi connectivity index (χ1n) is 6.31. The number of halogens is 3. The van der Waals surface area contributed by atoms with E-state index in [0.717, 1.165) is 18.0 Å². The van der Waals surface area contributed by atoms with Crippen LogP contribution in [0.4, 0.5) is 13.2 Å². The Morgan fingerprint density at radius 1 is 1.25 bits per heavy atom. The number of nitrogens with zero attached hydrogens (tertiary/aromatic N) is 2. The Morgan fingerprint density at radius 2 is 1.95 bits per heavy atom. The normalized spacial score (nSPS) is 12.1. The van der Waals surface area contributed by atoms with Crippen molar-refractivity contribution in [2.45, 2.75) is 32.6 Å². The smallest absolute Gasteiger partial charge is 0.310 e. The Labute approximate surface area is 115 Å². The number of aromatic nitrogens is 2. The number of para-hydroxylation sites is 1. The zero-order chi connectivity index (χ0) is 14.8. The van der Waals surface area contributed by atoms with Crippen LogP contribution in [-0.2, 0) is 12.7 Å². The molecule has 2 rings (SSSR count). The molecule has 108 valence electrons. The minimum Gasteiger partial charge on any atom is -0.310 e. The third kappa shape index (κ3) is 3.39. The molecule has 1 heterocycles. The number of nitrogens with one attached hydrogen (secondary N) is 1. The molecular weight excluding hydrogens is 267 g/mol. The molecule has 0 bridgehead atoms. The molecule has 0 fully saturated rings. The van der Waals surface area contributed by atoms with E-state index < -0.39 is 11.7 Å². The lowest BCUT2D eigenvalue weighted by molar-refractivity contribution is -0.137. The highest BCUT2D eigenvalue weighted by Crippen LogP contribution is 2.29. The van der Waals surface area contributed by atoms with Crippen molar-refractivity contribution in [1.29, 1.82) is 0 Å². The summed E-state index contributed by atoms with van der Waals surface area (Å²) in [5.41, 5.74) is 0.804. The van der Waals surface area contributed by atoms with Crippen molar-refractivity contribution >= 4 is 0 Å². The van der Waals surface area contributed by atoms with E-state index in [9.17, 15) is 13.2 Å². The molecule has 0 aliphatic rings. The van der Waals surface area contributed by atoms with E-state index >= 15 is 0 Å². The molecule has 2 aromatic rings. The quantitative estimate of drug-likeness (QED) is 0.932. The van der Waals surface area contributed by atoms with E-state index in [1.165, 1.54) is 4.68 Å². The largest absolute Gasteiger partial charge is 0.419 e. The number of rotatable bonds is 4. The van der Waals surface area contributed by atoms with E-state index in [2.05, 4.69) is 10.4 Å². The van der Waals surface area contributed by atoms with Crippen LogP contribution in [0.3, 0.4) is 0 Å². The molecule has 0 aliphatic carbocycles. The maximum Gasteiger partial charge on any atom is 0.419 e. The van der Waals surface area contributed by atoms with Crippen LogP contribution >= 0.6 is 0 Å². The molecule has 1 aromatic carbocycles. The summed E-state index contributed by atoms with van der Waals surface area (Å²) in [6, 6.07) is 7.56. The zero-order valence-corrected chi connectivity index (χ0v) is 11.3. The average molecular weight is 283 g/mol. The fourth-order valence-electron chi connectivity index (χ4n) is 1.80. The van der Waals surface area contributed by atoms with Gasteiger partial charge in [-0.1, -0.05) is 32.0 Å². The molecule has 0 amide bonds. The van der Waals surface area contributed by atoms with Gasteiger partial charge in [0.2, 0.25) is 0 Å². The Kier molecular flexibility index (Phi) is 4.13. The van der Waals surface area contributed by atoms with Gasteiger partial charge < -0.3 is 5.32 Å². The Balaban J connectivity index is 2.30. The van der Waals surface area contributed by atoms with Crippen LogP contribution in [0.15, 0.2) is 36.7 Å². The fourth-order valence-corrected chi connectivity index (χ4v) is 1.80. The van der Waals surface area contributed by atoms with Gasteiger partial charge in [-0.25, -0.2) is 4.68 Å². The lowest BCUT2D eigenvalue weighted by Gasteiger charge is -2.12. The van der Waals surface area contributed by atoms with Gasteiger partial charge in [0.1, 0.15) is 0 Å². The van der Waals surface area contributed by atoms with Gasteiger partial charge in [-0.05, 0) is 11.6 Å². The standard InChI is InChI=1S/C14H16F3N3/c1-10(2)18-7-11-5-3-4-6-13(11)20-9-12(8-19-20)14(15,16)17/h3-6,8-10,18H,7H2,1-2H3. The zero-order valence-electron chi connectivity index (χ0n) is 11.3. The first kappa shape index (κ1) is 14.6. The second-order valence-electron chi connectivity index (χ2n) is 4.84. The lowest BCUT2D eigenvalue weighted by Crippen LogP contribution is -2.22. The van der Waals surface area contributed by atoms with Crippen molar-refractivity contribution in [2.24, 2.45) is 0 Å². The number of benzene rings is 1. The summed E-state index contributed by atoms with van der Waals surface area (Å²) in [4.78, 5) is 0. The van der Waals surface area contributed by atoms with Gasteiger partial charge >= 0.3 is 6.18 Å². The highest BCUT2D eigenvalue weighted by molar-refractivity contribution is 5.40. The third-order valence-electron chi connectivity index (χ3n) is 2.85. The summed E-state index contributed by atoms with van der Waals surface area (Å²) < 4.78 is 39.1. The second-order valence-corrected chi connectivity index (χ2v) is 4.84. The van der Waals surface area contributed by atoms with Crippen LogP contribution in [0.25, 0.3) is 5.69 Å². The van der Waals surface area contributed by atoms with Gasteiger partial charge in [0, 0.05) is 18.8 Å². The summed E-state index contributed by atoms with van der Waals surface area (Å²) in [6.45, 7) is 4.60. The Hall–Kier alpha value is -1.82. The average Bonchev–Trinajstić information content (AvgIpc) is 2.86. The summed E-state index contributed by atoms with van der Waals surface area (Å²) in [6.07, 6.45) is -2.52. The van der Waals surface area contributed by atoms with Crippen LogP contribution < -0.4 is 5.32 Å². The maximum absolute atomic E-state index is 12.6. The Bertz CT molecular complexity index is 573. The maximum atomic E-state index is 12.6. The molecule has 0 spiro atoms. The molecule has 0 atom stereocenters.